The van der Waals surface area contributed by atoms with E-state index in [1.807, 2.05) is 57.2 Å². The van der Waals surface area contributed by atoms with Gasteiger partial charge in [0.05, 0.1) is 6.04 Å². The van der Waals surface area contributed by atoms with Crippen molar-refractivity contribution in [3.63, 3.8) is 0 Å². The molecule has 0 unspecified atom stereocenters. The lowest BCUT2D eigenvalue weighted by molar-refractivity contribution is 0.00933. The van der Waals surface area contributed by atoms with Crippen molar-refractivity contribution in [3.8, 4) is 5.75 Å². The molecule has 4 heteroatoms. The summed E-state index contributed by atoms with van der Waals surface area (Å²) in [5.41, 5.74) is 0.282. The van der Waals surface area contributed by atoms with E-state index in [2.05, 4.69) is 0 Å². The zero-order valence-electron chi connectivity index (χ0n) is 14.6. The molecule has 1 aliphatic rings. The van der Waals surface area contributed by atoms with Crippen molar-refractivity contribution in [1.82, 2.24) is 4.90 Å². The number of carbonyl (C=O) groups is 1. The van der Waals surface area contributed by atoms with Gasteiger partial charge in [0, 0.05) is 17.5 Å². The maximum Gasteiger partial charge on any atom is 0.410 e. The smallest absolute Gasteiger partial charge is 0.410 e. The number of ether oxygens (including phenoxy) is 1. The first kappa shape index (κ1) is 16.6. The van der Waals surface area contributed by atoms with Crippen LogP contribution < -0.4 is 0 Å². The lowest BCUT2D eigenvalue weighted by atomic mass is 9.93. The Bertz CT molecular complexity index is 748. The number of phenolic OH excluding ortho intramolecular Hbond substituents is 1. The van der Waals surface area contributed by atoms with E-state index in [4.69, 9.17) is 4.74 Å². The Kier molecular flexibility index (Phi) is 4.39. The van der Waals surface area contributed by atoms with E-state index in [0.717, 1.165) is 35.6 Å². The molecule has 1 amide bonds. The Morgan fingerprint density at radius 1 is 1.17 bits per heavy atom. The molecule has 0 spiro atoms. The van der Waals surface area contributed by atoms with Crippen LogP contribution in [-0.2, 0) is 4.74 Å². The fraction of sp³-hybridized carbons (Fsp3) is 0.450. The Morgan fingerprint density at radius 2 is 1.92 bits per heavy atom. The molecule has 3 rings (SSSR count). The van der Waals surface area contributed by atoms with Crippen LogP contribution in [-0.4, -0.2) is 28.2 Å². The first-order valence-corrected chi connectivity index (χ1v) is 8.57. The normalized spacial score (nSPS) is 18.6. The van der Waals surface area contributed by atoms with E-state index >= 15 is 0 Å². The summed E-state index contributed by atoms with van der Waals surface area (Å²) >= 11 is 0. The van der Waals surface area contributed by atoms with Crippen LogP contribution in [0.25, 0.3) is 10.8 Å². The van der Waals surface area contributed by atoms with Crippen LogP contribution in [0, 0.1) is 0 Å². The third-order valence-corrected chi connectivity index (χ3v) is 4.42. The number of phenols is 1. The van der Waals surface area contributed by atoms with Crippen LogP contribution in [0.3, 0.4) is 0 Å². The standard InChI is InChI=1S/C20H25NO3/c1-20(2,3)24-19(23)21-13-7-6-10-17(21)16-12-11-14-8-4-5-9-15(14)18(16)22/h4-5,8-9,11-12,17,22H,6-7,10,13H2,1-3H3/t17-/m0/s1. The topological polar surface area (TPSA) is 49.8 Å². The van der Waals surface area contributed by atoms with Gasteiger partial charge in [-0.3, -0.25) is 0 Å². The lowest BCUT2D eigenvalue weighted by Gasteiger charge is -2.37. The van der Waals surface area contributed by atoms with Crippen molar-refractivity contribution < 1.29 is 14.6 Å². The molecule has 1 fully saturated rings. The maximum atomic E-state index is 12.6. The number of piperidine rings is 1. The number of hydrogen-bond donors (Lipinski definition) is 1. The molecule has 2 aromatic rings. The van der Waals surface area contributed by atoms with Gasteiger partial charge in [0.1, 0.15) is 11.4 Å². The predicted octanol–water partition coefficient (Wildman–Crippen LogP) is 5.01. The average molecular weight is 327 g/mol. The van der Waals surface area contributed by atoms with Gasteiger partial charge in [0.25, 0.3) is 0 Å². The molecule has 128 valence electrons. The van der Waals surface area contributed by atoms with Gasteiger partial charge in [-0.1, -0.05) is 36.4 Å². The first-order chi connectivity index (χ1) is 11.4. The maximum absolute atomic E-state index is 12.6. The van der Waals surface area contributed by atoms with Crippen molar-refractivity contribution in [3.05, 3.63) is 42.0 Å². The van der Waals surface area contributed by atoms with E-state index in [-0.39, 0.29) is 17.9 Å². The summed E-state index contributed by atoms with van der Waals surface area (Å²) in [4.78, 5) is 14.4. The minimum absolute atomic E-state index is 0.141. The van der Waals surface area contributed by atoms with Crippen molar-refractivity contribution in [2.24, 2.45) is 0 Å². The zero-order valence-corrected chi connectivity index (χ0v) is 14.6. The molecule has 0 aliphatic carbocycles. The third kappa shape index (κ3) is 3.32. The minimum atomic E-state index is -0.523. The van der Waals surface area contributed by atoms with Gasteiger partial charge in [-0.05, 0) is 45.4 Å². The number of fused-ring (bicyclic) bond motifs is 1. The molecular weight excluding hydrogens is 302 g/mol. The highest BCUT2D eigenvalue weighted by Gasteiger charge is 2.33. The van der Waals surface area contributed by atoms with E-state index < -0.39 is 5.60 Å². The average Bonchev–Trinajstić information content (AvgIpc) is 2.54. The fourth-order valence-corrected chi connectivity index (χ4v) is 3.33. The number of hydrogen-bond acceptors (Lipinski definition) is 3. The van der Waals surface area contributed by atoms with E-state index in [1.165, 1.54) is 0 Å². The highest BCUT2D eigenvalue weighted by Crippen LogP contribution is 2.39. The van der Waals surface area contributed by atoms with E-state index in [0.29, 0.717) is 6.54 Å². The fourth-order valence-electron chi connectivity index (χ4n) is 3.33. The van der Waals surface area contributed by atoms with Crippen molar-refractivity contribution in [2.75, 3.05) is 6.54 Å². The summed E-state index contributed by atoms with van der Waals surface area (Å²) in [6.45, 7) is 6.28. The Morgan fingerprint density at radius 3 is 2.67 bits per heavy atom. The third-order valence-electron chi connectivity index (χ3n) is 4.42. The van der Waals surface area contributed by atoms with Crippen molar-refractivity contribution in [2.45, 2.75) is 51.7 Å². The monoisotopic (exact) mass is 327 g/mol. The van der Waals surface area contributed by atoms with Gasteiger partial charge < -0.3 is 14.7 Å². The number of benzene rings is 2. The van der Waals surface area contributed by atoms with E-state index in [9.17, 15) is 9.90 Å². The second-order valence-electron chi connectivity index (χ2n) is 7.41. The van der Waals surface area contributed by atoms with Gasteiger partial charge >= 0.3 is 6.09 Å². The number of rotatable bonds is 1. The molecule has 1 aliphatic heterocycles. The van der Waals surface area contributed by atoms with Crippen LogP contribution in [0.1, 0.15) is 51.6 Å². The summed E-state index contributed by atoms with van der Waals surface area (Å²) < 4.78 is 5.56. The molecule has 1 saturated heterocycles. The molecule has 4 nitrogen and oxygen atoms in total. The molecule has 0 radical (unpaired) electrons. The van der Waals surface area contributed by atoms with E-state index in [1.54, 1.807) is 4.90 Å². The second kappa shape index (κ2) is 6.34. The Balaban J connectivity index is 1.96. The number of likely N-dealkylation sites (tertiary alicyclic amines) is 1. The van der Waals surface area contributed by atoms with Gasteiger partial charge in [0.2, 0.25) is 0 Å². The van der Waals surface area contributed by atoms with Crippen LogP contribution in [0.4, 0.5) is 4.79 Å². The molecule has 0 saturated carbocycles. The van der Waals surface area contributed by atoms with Gasteiger partial charge in [-0.15, -0.1) is 0 Å². The van der Waals surface area contributed by atoms with Crippen molar-refractivity contribution in [1.29, 1.82) is 0 Å². The molecule has 1 atom stereocenters. The number of aromatic hydroxyl groups is 1. The highest BCUT2D eigenvalue weighted by atomic mass is 16.6. The summed E-state index contributed by atoms with van der Waals surface area (Å²) in [6, 6.07) is 11.6. The Hall–Kier alpha value is -2.23. The van der Waals surface area contributed by atoms with Crippen LogP contribution in [0.5, 0.6) is 5.75 Å². The number of carbonyl (C=O) groups excluding carboxylic acids is 1. The Labute approximate surface area is 143 Å². The minimum Gasteiger partial charge on any atom is -0.507 e. The predicted molar refractivity (Wildman–Crippen MR) is 95.1 cm³/mol. The number of amides is 1. The summed E-state index contributed by atoms with van der Waals surface area (Å²) in [5.74, 6) is 0.272. The lowest BCUT2D eigenvalue weighted by Crippen LogP contribution is -2.41. The molecule has 24 heavy (non-hydrogen) atoms. The largest absolute Gasteiger partial charge is 0.507 e. The summed E-state index contributed by atoms with van der Waals surface area (Å²) in [5, 5.41) is 12.6. The van der Waals surface area contributed by atoms with Gasteiger partial charge in [-0.2, -0.15) is 0 Å². The van der Waals surface area contributed by atoms with Crippen LogP contribution in [0.2, 0.25) is 0 Å². The highest BCUT2D eigenvalue weighted by molar-refractivity contribution is 5.89. The zero-order chi connectivity index (χ0) is 17.3. The van der Waals surface area contributed by atoms with Gasteiger partial charge in [-0.25, -0.2) is 4.79 Å². The molecular formula is C20H25NO3. The summed E-state index contributed by atoms with van der Waals surface area (Å²) in [6.07, 6.45) is 2.53. The quantitative estimate of drug-likeness (QED) is 0.801. The molecule has 0 bridgehead atoms. The van der Waals surface area contributed by atoms with Crippen molar-refractivity contribution >= 4 is 16.9 Å². The second-order valence-corrected chi connectivity index (χ2v) is 7.41. The van der Waals surface area contributed by atoms with Crippen LogP contribution in [0.15, 0.2) is 36.4 Å². The molecule has 1 heterocycles. The number of nitrogens with zero attached hydrogens (tertiary/aromatic N) is 1. The first-order valence-electron chi connectivity index (χ1n) is 8.57. The molecule has 0 aromatic heterocycles. The SMILES string of the molecule is CC(C)(C)OC(=O)N1CCCC[C@H]1c1ccc2ccccc2c1O. The summed E-state index contributed by atoms with van der Waals surface area (Å²) in [7, 11) is 0. The van der Waals surface area contributed by atoms with Crippen LogP contribution >= 0.6 is 0 Å². The molecule has 2 aromatic carbocycles. The molecule has 1 N–H and O–H groups in total. The van der Waals surface area contributed by atoms with Gasteiger partial charge in [0.15, 0.2) is 0 Å².